The lowest BCUT2D eigenvalue weighted by Crippen LogP contribution is -1.92. The van der Waals surface area contributed by atoms with Crippen LogP contribution in [0, 0.1) is 11.6 Å². The normalized spacial score (nSPS) is 10.4. The van der Waals surface area contributed by atoms with Crippen LogP contribution in [0.15, 0.2) is 34.6 Å². The lowest BCUT2D eigenvalue weighted by molar-refractivity contribution is 0.112. The Hall–Kier alpha value is -1.69. The smallest absolute Gasteiger partial charge is 0.170 e. The van der Waals surface area contributed by atoms with Crippen LogP contribution >= 0.6 is 11.8 Å². The van der Waals surface area contributed by atoms with Gasteiger partial charge in [-0.25, -0.2) is 13.8 Å². The van der Waals surface area contributed by atoms with Gasteiger partial charge < -0.3 is 4.98 Å². The van der Waals surface area contributed by atoms with Gasteiger partial charge in [0.05, 0.1) is 4.90 Å². The van der Waals surface area contributed by atoms with Gasteiger partial charge in [0.1, 0.15) is 17.9 Å². The molecule has 0 atom stereocenters. The van der Waals surface area contributed by atoms with Gasteiger partial charge in [0.2, 0.25) is 0 Å². The number of H-pyrrole nitrogens is 1. The number of nitrogens with zero attached hydrogens (tertiary/aromatic N) is 1. The Balaban J connectivity index is 2.37. The van der Waals surface area contributed by atoms with Crippen LogP contribution in [0.5, 0.6) is 0 Å². The summed E-state index contributed by atoms with van der Waals surface area (Å²) < 4.78 is 26.9. The molecule has 0 spiro atoms. The van der Waals surface area contributed by atoms with Crippen LogP contribution in [0.25, 0.3) is 0 Å². The standard InChI is InChI=1S/C10H6F2N2OS/c11-7-3-6(5-15)4-8(12)9(7)16-10-13-1-2-14-10/h1-5H,(H,13,14). The summed E-state index contributed by atoms with van der Waals surface area (Å²) in [5, 5.41) is 0.386. The Kier molecular flexibility index (Phi) is 3.00. The summed E-state index contributed by atoms with van der Waals surface area (Å²) in [6.07, 6.45) is 3.43. The molecule has 2 rings (SSSR count). The van der Waals surface area contributed by atoms with Crippen molar-refractivity contribution in [3.63, 3.8) is 0 Å². The van der Waals surface area contributed by atoms with E-state index < -0.39 is 11.6 Å². The molecule has 0 radical (unpaired) electrons. The van der Waals surface area contributed by atoms with Gasteiger partial charge in [0, 0.05) is 18.0 Å². The summed E-state index contributed by atoms with van der Waals surface area (Å²) in [5.74, 6) is -1.55. The van der Waals surface area contributed by atoms with Crippen LogP contribution in [0.2, 0.25) is 0 Å². The molecule has 6 heteroatoms. The fourth-order valence-corrected chi connectivity index (χ4v) is 1.90. The molecule has 0 aliphatic rings. The molecule has 0 amide bonds. The van der Waals surface area contributed by atoms with E-state index in [0.717, 1.165) is 23.9 Å². The number of rotatable bonds is 3. The number of carbonyl (C=O) groups is 1. The summed E-state index contributed by atoms with van der Waals surface area (Å²) in [4.78, 5) is 16.8. The third-order valence-electron chi connectivity index (χ3n) is 1.83. The van der Waals surface area contributed by atoms with Crippen LogP contribution in [0.4, 0.5) is 8.78 Å². The number of aldehydes is 1. The molecule has 0 unspecified atom stereocenters. The van der Waals surface area contributed by atoms with Crippen molar-refractivity contribution in [1.29, 1.82) is 0 Å². The number of aromatic nitrogens is 2. The van der Waals surface area contributed by atoms with Gasteiger partial charge in [-0.05, 0) is 23.9 Å². The third-order valence-corrected chi connectivity index (χ3v) is 2.84. The quantitative estimate of drug-likeness (QED) is 0.839. The van der Waals surface area contributed by atoms with Crippen molar-refractivity contribution in [3.8, 4) is 0 Å². The zero-order chi connectivity index (χ0) is 11.5. The van der Waals surface area contributed by atoms with E-state index in [-0.39, 0.29) is 10.5 Å². The van der Waals surface area contributed by atoms with Gasteiger partial charge in [-0.1, -0.05) is 0 Å². The van der Waals surface area contributed by atoms with Gasteiger partial charge in [-0.3, -0.25) is 4.79 Å². The maximum Gasteiger partial charge on any atom is 0.170 e. The van der Waals surface area contributed by atoms with Crippen molar-refractivity contribution >= 4 is 18.0 Å². The van der Waals surface area contributed by atoms with Crippen molar-refractivity contribution in [3.05, 3.63) is 41.7 Å². The minimum Gasteiger partial charge on any atom is -0.339 e. The molecule has 0 aliphatic heterocycles. The van der Waals surface area contributed by atoms with Crippen LogP contribution in [-0.2, 0) is 0 Å². The first kappa shape index (κ1) is 10.8. The zero-order valence-electron chi connectivity index (χ0n) is 7.91. The Morgan fingerprint density at radius 3 is 2.50 bits per heavy atom. The number of halogens is 2. The highest BCUT2D eigenvalue weighted by Crippen LogP contribution is 2.30. The number of aromatic amines is 1. The Morgan fingerprint density at radius 2 is 2.00 bits per heavy atom. The van der Waals surface area contributed by atoms with Gasteiger partial charge >= 0.3 is 0 Å². The lowest BCUT2D eigenvalue weighted by atomic mass is 10.2. The van der Waals surface area contributed by atoms with Crippen LogP contribution < -0.4 is 0 Å². The van der Waals surface area contributed by atoms with E-state index in [4.69, 9.17) is 0 Å². The average Bonchev–Trinajstić information content (AvgIpc) is 2.75. The number of imidazole rings is 1. The molecular weight excluding hydrogens is 234 g/mol. The molecule has 1 aromatic heterocycles. The Bertz CT molecular complexity index is 491. The molecule has 0 saturated carbocycles. The fourth-order valence-electron chi connectivity index (χ4n) is 1.15. The predicted molar refractivity (Wildman–Crippen MR) is 54.5 cm³/mol. The number of nitrogens with one attached hydrogen (secondary N) is 1. The van der Waals surface area contributed by atoms with E-state index in [2.05, 4.69) is 9.97 Å². The van der Waals surface area contributed by atoms with E-state index >= 15 is 0 Å². The Morgan fingerprint density at radius 1 is 1.31 bits per heavy atom. The van der Waals surface area contributed by atoms with Gasteiger partial charge in [0.15, 0.2) is 5.16 Å². The SMILES string of the molecule is O=Cc1cc(F)c(Sc2ncc[nH]2)c(F)c1. The summed E-state index contributed by atoms with van der Waals surface area (Å²) >= 11 is 0.834. The molecule has 0 fully saturated rings. The average molecular weight is 240 g/mol. The summed E-state index contributed by atoms with van der Waals surface area (Å²) in [7, 11) is 0. The highest BCUT2D eigenvalue weighted by atomic mass is 32.2. The van der Waals surface area contributed by atoms with Gasteiger partial charge in [-0.2, -0.15) is 0 Å². The van der Waals surface area contributed by atoms with Crippen molar-refractivity contribution in [1.82, 2.24) is 9.97 Å². The van der Waals surface area contributed by atoms with Gasteiger partial charge in [-0.15, -0.1) is 0 Å². The predicted octanol–water partition coefficient (Wildman–Crippen LogP) is 2.65. The summed E-state index contributed by atoms with van der Waals surface area (Å²) in [6.45, 7) is 0. The van der Waals surface area contributed by atoms with Crippen molar-refractivity contribution < 1.29 is 13.6 Å². The van der Waals surface area contributed by atoms with E-state index in [0.29, 0.717) is 11.4 Å². The lowest BCUT2D eigenvalue weighted by Gasteiger charge is -2.03. The first-order valence-corrected chi connectivity index (χ1v) is 5.14. The molecule has 82 valence electrons. The summed E-state index contributed by atoms with van der Waals surface area (Å²) in [6, 6.07) is 1.97. The van der Waals surface area contributed by atoms with Crippen LogP contribution in [0.3, 0.4) is 0 Å². The highest BCUT2D eigenvalue weighted by molar-refractivity contribution is 7.99. The molecule has 1 aromatic carbocycles. The molecule has 0 aliphatic carbocycles. The van der Waals surface area contributed by atoms with E-state index in [1.165, 1.54) is 6.20 Å². The first-order valence-electron chi connectivity index (χ1n) is 4.32. The third kappa shape index (κ3) is 2.11. The first-order chi connectivity index (χ1) is 7.70. The number of benzene rings is 1. The zero-order valence-corrected chi connectivity index (χ0v) is 8.72. The number of hydrogen-bond donors (Lipinski definition) is 1. The Labute approximate surface area is 93.9 Å². The van der Waals surface area contributed by atoms with Gasteiger partial charge in [0.25, 0.3) is 0 Å². The van der Waals surface area contributed by atoms with Crippen molar-refractivity contribution in [2.24, 2.45) is 0 Å². The number of hydrogen-bond acceptors (Lipinski definition) is 3. The van der Waals surface area contributed by atoms with Crippen molar-refractivity contribution in [2.45, 2.75) is 10.1 Å². The minimum absolute atomic E-state index is 0.0289. The topological polar surface area (TPSA) is 45.8 Å². The maximum absolute atomic E-state index is 13.4. The van der Waals surface area contributed by atoms with Crippen molar-refractivity contribution in [2.75, 3.05) is 0 Å². The second kappa shape index (κ2) is 4.44. The molecule has 0 bridgehead atoms. The van der Waals surface area contributed by atoms with E-state index in [9.17, 15) is 13.6 Å². The van der Waals surface area contributed by atoms with E-state index in [1.54, 1.807) is 6.20 Å². The van der Waals surface area contributed by atoms with Crippen LogP contribution in [-0.4, -0.2) is 16.3 Å². The molecule has 3 nitrogen and oxygen atoms in total. The fraction of sp³-hybridized carbons (Fsp3) is 0. The summed E-state index contributed by atoms with van der Waals surface area (Å²) in [5.41, 5.74) is -0.0289. The molecule has 1 heterocycles. The second-order valence-corrected chi connectivity index (χ2v) is 3.93. The number of carbonyl (C=O) groups excluding carboxylic acids is 1. The monoisotopic (exact) mass is 240 g/mol. The second-order valence-electron chi connectivity index (χ2n) is 2.93. The highest BCUT2D eigenvalue weighted by Gasteiger charge is 2.13. The molecule has 0 saturated heterocycles. The largest absolute Gasteiger partial charge is 0.339 e. The maximum atomic E-state index is 13.4. The molecule has 2 aromatic rings. The molecule has 1 N–H and O–H groups in total. The molecular formula is C10H6F2N2OS. The molecule has 16 heavy (non-hydrogen) atoms. The minimum atomic E-state index is -0.775. The van der Waals surface area contributed by atoms with E-state index in [1.807, 2.05) is 0 Å². The van der Waals surface area contributed by atoms with Crippen LogP contribution in [0.1, 0.15) is 10.4 Å².